The molecule has 7 heteroatoms. The molecule has 104 valence electrons. The number of likely N-dealkylation sites (N-methyl/N-ethyl adjacent to an activating group) is 1. The fraction of sp³-hybridized carbons (Fsp3) is 0.500. The minimum absolute atomic E-state index is 0.0156. The van der Waals surface area contributed by atoms with Gasteiger partial charge in [0, 0.05) is 13.6 Å². The molecule has 0 aliphatic rings. The first kappa shape index (κ1) is 14.9. The van der Waals surface area contributed by atoms with Crippen LogP contribution in [0.5, 0.6) is 0 Å². The van der Waals surface area contributed by atoms with Gasteiger partial charge < -0.3 is 10.0 Å². The van der Waals surface area contributed by atoms with Crippen molar-refractivity contribution < 1.29 is 14.7 Å². The minimum atomic E-state index is -1.12. The highest BCUT2D eigenvalue weighted by atomic mass is 16.4. The molecule has 0 aromatic carbocycles. The van der Waals surface area contributed by atoms with Crippen LogP contribution in [0.15, 0.2) is 4.79 Å². The third kappa shape index (κ3) is 2.98. The van der Waals surface area contributed by atoms with Crippen LogP contribution in [0.4, 0.5) is 0 Å². The molecule has 1 N–H and O–H groups in total. The molecule has 0 radical (unpaired) electrons. The summed E-state index contributed by atoms with van der Waals surface area (Å²) in [5.41, 5.74) is 0.517. The number of carboxylic acids is 1. The second-order valence-electron chi connectivity index (χ2n) is 4.23. The van der Waals surface area contributed by atoms with E-state index in [1.54, 1.807) is 20.8 Å². The predicted molar refractivity (Wildman–Crippen MR) is 68.2 cm³/mol. The Labute approximate surface area is 110 Å². The van der Waals surface area contributed by atoms with Crippen LogP contribution in [0.3, 0.4) is 0 Å². The third-order valence-electron chi connectivity index (χ3n) is 2.93. The fourth-order valence-corrected chi connectivity index (χ4v) is 1.75. The molecule has 0 saturated carbocycles. The summed E-state index contributed by atoms with van der Waals surface area (Å²) >= 11 is 0. The number of aryl methyl sites for hydroxylation is 2. The van der Waals surface area contributed by atoms with E-state index in [0.29, 0.717) is 11.3 Å². The van der Waals surface area contributed by atoms with Crippen LogP contribution in [0.2, 0.25) is 0 Å². The molecule has 1 aromatic heterocycles. The van der Waals surface area contributed by atoms with Gasteiger partial charge in [-0.2, -0.15) is 5.10 Å². The Bertz CT molecular complexity index is 577. The lowest BCUT2D eigenvalue weighted by atomic mass is 10.1. The summed E-state index contributed by atoms with van der Waals surface area (Å²) in [6.45, 7) is 4.77. The summed E-state index contributed by atoms with van der Waals surface area (Å²) in [5, 5.41) is 12.7. The standard InChI is InChI=1S/C12H17N3O4/c1-5-15(6-9(16)17)12(19)10-7(2)8(3)13-14(4)11(10)18/h5-6H2,1-4H3,(H,16,17). The van der Waals surface area contributed by atoms with Crippen molar-refractivity contribution in [3.63, 3.8) is 0 Å². The average Bonchev–Trinajstić information content (AvgIpc) is 2.33. The van der Waals surface area contributed by atoms with Crippen molar-refractivity contribution in [3.05, 3.63) is 27.2 Å². The van der Waals surface area contributed by atoms with Crippen LogP contribution in [0, 0.1) is 13.8 Å². The molecule has 19 heavy (non-hydrogen) atoms. The normalized spacial score (nSPS) is 10.3. The summed E-state index contributed by atoms with van der Waals surface area (Å²) < 4.78 is 1.09. The Kier molecular flexibility index (Phi) is 4.42. The number of carboxylic acid groups (broad SMARTS) is 1. The molecule has 1 amide bonds. The van der Waals surface area contributed by atoms with Crippen molar-refractivity contribution in [2.75, 3.05) is 13.1 Å². The lowest BCUT2D eigenvalue weighted by Gasteiger charge is -2.19. The highest BCUT2D eigenvalue weighted by Crippen LogP contribution is 2.09. The Morgan fingerprint density at radius 1 is 1.37 bits per heavy atom. The zero-order valence-corrected chi connectivity index (χ0v) is 11.4. The third-order valence-corrected chi connectivity index (χ3v) is 2.93. The summed E-state index contributed by atoms with van der Waals surface area (Å²) in [6.07, 6.45) is 0. The smallest absolute Gasteiger partial charge is 0.323 e. The van der Waals surface area contributed by atoms with Crippen LogP contribution in [0.25, 0.3) is 0 Å². The van der Waals surface area contributed by atoms with Crippen LogP contribution < -0.4 is 5.56 Å². The van der Waals surface area contributed by atoms with Crippen molar-refractivity contribution in [3.8, 4) is 0 Å². The lowest BCUT2D eigenvalue weighted by Crippen LogP contribution is -2.40. The van der Waals surface area contributed by atoms with Crippen molar-refractivity contribution in [2.45, 2.75) is 20.8 Å². The first-order valence-electron chi connectivity index (χ1n) is 5.85. The van der Waals surface area contributed by atoms with Crippen LogP contribution in [-0.4, -0.2) is 44.8 Å². The fourth-order valence-electron chi connectivity index (χ4n) is 1.75. The van der Waals surface area contributed by atoms with Gasteiger partial charge in [0.1, 0.15) is 12.1 Å². The molecule has 0 bridgehead atoms. The molecule has 0 fully saturated rings. The molecule has 7 nitrogen and oxygen atoms in total. The lowest BCUT2D eigenvalue weighted by molar-refractivity contribution is -0.137. The maximum absolute atomic E-state index is 12.3. The van der Waals surface area contributed by atoms with E-state index in [2.05, 4.69) is 5.10 Å². The van der Waals surface area contributed by atoms with E-state index in [4.69, 9.17) is 5.11 Å². The monoisotopic (exact) mass is 267 g/mol. The van der Waals surface area contributed by atoms with E-state index >= 15 is 0 Å². The first-order chi connectivity index (χ1) is 8.79. The van der Waals surface area contributed by atoms with Crippen LogP contribution in [-0.2, 0) is 11.8 Å². The molecule has 0 saturated heterocycles. The van der Waals surface area contributed by atoms with Crippen LogP contribution >= 0.6 is 0 Å². The molecule has 0 atom stereocenters. The van der Waals surface area contributed by atoms with Crippen molar-refractivity contribution >= 4 is 11.9 Å². The number of aromatic nitrogens is 2. The van der Waals surface area contributed by atoms with Gasteiger partial charge in [-0.05, 0) is 26.3 Å². The largest absolute Gasteiger partial charge is 0.480 e. The summed E-state index contributed by atoms with van der Waals surface area (Å²) in [6, 6.07) is 0. The van der Waals surface area contributed by atoms with Crippen molar-refractivity contribution in [1.82, 2.24) is 14.7 Å². The summed E-state index contributed by atoms with van der Waals surface area (Å²) in [4.78, 5) is 36.1. The van der Waals surface area contributed by atoms with Gasteiger partial charge in [-0.25, -0.2) is 4.68 Å². The number of aliphatic carboxylic acids is 1. The zero-order chi connectivity index (χ0) is 14.7. The van der Waals surface area contributed by atoms with E-state index in [0.717, 1.165) is 9.58 Å². The van der Waals surface area contributed by atoms with E-state index < -0.39 is 24.0 Å². The van der Waals surface area contributed by atoms with Gasteiger partial charge >= 0.3 is 5.97 Å². The molecule has 1 aromatic rings. The average molecular weight is 267 g/mol. The van der Waals surface area contributed by atoms with Gasteiger partial charge in [0.05, 0.1) is 5.69 Å². The highest BCUT2D eigenvalue weighted by molar-refractivity contribution is 5.96. The van der Waals surface area contributed by atoms with Gasteiger partial charge in [-0.3, -0.25) is 14.4 Å². The molecular weight excluding hydrogens is 250 g/mol. The predicted octanol–water partition coefficient (Wildman–Crippen LogP) is -0.0562. The molecule has 0 unspecified atom stereocenters. The highest BCUT2D eigenvalue weighted by Gasteiger charge is 2.23. The Balaban J connectivity index is 3.33. The molecule has 1 rings (SSSR count). The Morgan fingerprint density at radius 3 is 2.42 bits per heavy atom. The number of hydrogen-bond acceptors (Lipinski definition) is 4. The SMILES string of the molecule is CCN(CC(=O)O)C(=O)c1c(C)c(C)nn(C)c1=O. The number of amides is 1. The first-order valence-corrected chi connectivity index (χ1v) is 5.85. The molecule has 1 heterocycles. The number of hydrogen-bond donors (Lipinski definition) is 1. The molecule has 0 aliphatic carbocycles. The summed E-state index contributed by atoms with van der Waals surface area (Å²) in [5.74, 6) is -1.69. The number of carbonyl (C=O) groups is 2. The van der Waals surface area contributed by atoms with Crippen molar-refractivity contribution in [1.29, 1.82) is 0 Å². The Hall–Kier alpha value is -2.18. The molecule has 0 aliphatic heterocycles. The number of rotatable bonds is 4. The number of carbonyl (C=O) groups excluding carboxylic acids is 1. The second-order valence-corrected chi connectivity index (χ2v) is 4.23. The van der Waals surface area contributed by atoms with E-state index in [9.17, 15) is 14.4 Å². The van der Waals surface area contributed by atoms with Crippen LogP contribution in [0.1, 0.15) is 28.5 Å². The number of nitrogens with zero attached hydrogens (tertiary/aromatic N) is 3. The van der Waals surface area contributed by atoms with Crippen molar-refractivity contribution in [2.24, 2.45) is 7.05 Å². The minimum Gasteiger partial charge on any atom is -0.480 e. The maximum Gasteiger partial charge on any atom is 0.323 e. The van der Waals surface area contributed by atoms with E-state index in [1.165, 1.54) is 7.05 Å². The van der Waals surface area contributed by atoms with Gasteiger partial charge in [0.15, 0.2) is 0 Å². The van der Waals surface area contributed by atoms with Gasteiger partial charge in [0.2, 0.25) is 0 Å². The maximum atomic E-state index is 12.3. The van der Waals surface area contributed by atoms with E-state index in [-0.39, 0.29) is 12.1 Å². The quantitative estimate of drug-likeness (QED) is 0.825. The zero-order valence-electron chi connectivity index (χ0n) is 11.4. The molecule has 0 spiro atoms. The molecular formula is C12H17N3O4. The van der Waals surface area contributed by atoms with Gasteiger partial charge in [0.25, 0.3) is 11.5 Å². The summed E-state index contributed by atoms with van der Waals surface area (Å²) in [7, 11) is 1.46. The van der Waals surface area contributed by atoms with E-state index in [1.807, 2.05) is 0 Å². The Morgan fingerprint density at radius 2 is 1.95 bits per heavy atom. The van der Waals surface area contributed by atoms with Gasteiger partial charge in [-0.1, -0.05) is 0 Å². The topological polar surface area (TPSA) is 92.5 Å². The van der Waals surface area contributed by atoms with Gasteiger partial charge in [-0.15, -0.1) is 0 Å². The second kappa shape index (κ2) is 5.64.